The standard InChI is InChI=1S/C15H19BrN2O2/c16-11-2-4-13(14(19)6-11)15(20)18-7-9-1-3-12(17)5-10(9)8-18/h2,4,6,9-10,12,19H,1,3,5,7-8,17H2/t9-,10+,12?/m1/s1. The molecule has 1 aromatic carbocycles. The van der Waals surface area contributed by atoms with Gasteiger partial charge in [-0.2, -0.15) is 0 Å². The minimum atomic E-state index is -0.0713. The van der Waals surface area contributed by atoms with E-state index in [2.05, 4.69) is 15.9 Å². The van der Waals surface area contributed by atoms with Gasteiger partial charge in [0.15, 0.2) is 0 Å². The average molecular weight is 339 g/mol. The number of fused-ring (bicyclic) bond motifs is 1. The maximum Gasteiger partial charge on any atom is 0.257 e. The molecule has 3 rings (SSSR count). The Bertz CT molecular complexity index is 535. The van der Waals surface area contributed by atoms with Crippen molar-refractivity contribution in [2.45, 2.75) is 25.3 Å². The van der Waals surface area contributed by atoms with E-state index >= 15 is 0 Å². The Balaban J connectivity index is 1.75. The van der Waals surface area contributed by atoms with Gasteiger partial charge in [0, 0.05) is 23.6 Å². The number of carbonyl (C=O) groups is 1. The Kier molecular flexibility index (Phi) is 3.73. The van der Waals surface area contributed by atoms with Crippen molar-refractivity contribution in [1.29, 1.82) is 0 Å². The summed E-state index contributed by atoms with van der Waals surface area (Å²) in [5.74, 6) is 1.07. The first kappa shape index (κ1) is 13.9. The molecule has 2 aliphatic rings. The van der Waals surface area contributed by atoms with Gasteiger partial charge in [-0.05, 0) is 49.3 Å². The Morgan fingerprint density at radius 2 is 2.05 bits per heavy atom. The highest BCUT2D eigenvalue weighted by Gasteiger charge is 2.39. The minimum absolute atomic E-state index is 0.0379. The van der Waals surface area contributed by atoms with Crippen LogP contribution in [0, 0.1) is 11.8 Å². The van der Waals surface area contributed by atoms with E-state index in [9.17, 15) is 9.90 Å². The molecule has 2 fully saturated rings. The summed E-state index contributed by atoms with van der Waals surface area (Å²) in [7, 11) is 0. The number of halogens is 1. The number of aromatic hydroxyl groups is 1. The van der Waals surface area contributed by atoms with Crippen molar-refractivity contribution < 1.29 is 9.90 Å². The van der Waals surface area contributed by atoms with Gasteiger partial charge in [-0.15, -0.1) is 0 Å². The van der Waals surface area contributed by atoms with E-state index in [1.54, 1.807) is 18.2 Å². The maximum atomic E-state index is 12.5. The van der Waals surface area contributed by atoms with Crippen LogP contribution >= 0.6 is 15.9 Å². The molecule has 0 radical (unpaired) electrons. The summed E-state index contributed by atoms with van der Waals surface area (Å²) < 4.78 is 0.771. The predicted octanol–water partition coefficient (Wildman–Crippen LogP) is 2.35. The molecule has 1 unspecified atom stereocenters. The van der Waals surface area contributed by atoms with Gasteiger partial charge in [0.1, 0.15) is 5.75 Å². The smallest absolute Gasteiger partial charge is 0.257 e. The lowest BCUT2D eigenvalue weighted by Crippen LogP contribution is -2.32. The predicted molar refractivity (Wildman–Crippen MR) is 80.5 cm³/mol. The highest BCUT2D eigenvalue weighted by Crippen LogP contribution is 2.37. The minimum Gasteiger partial charge on any atom is -0.507 e. The van der Waals surface area contributed by atoms with Crippen LogP contribution in [0.4, 0.5) is 0 Å². The zero-order valence-electron chi connectivity index (χ0n) is 11.3. The third kappa shape index (κ3) is 2.56. The summed E-state index contributed by atoms with van der Waals surface area (Å²) in [4.78, 5) is 14.4. The molecule has 20 heavy (non-hydrogen) atoms. The number of hydrogen-bond donors (Lipinski definition) is 2. The zero-order valence-corrected chi connectivity index (χ0v) is 12.8. The molecule has 0 bridgehead atoms. The second-order valence-electron chi connectivity index (χ2n) is 5.96. The zero-order chi connectivity index (χ0) is 14.3. The first-order valence-electron chi connectivity index (χ1n) is 7.08. The number of phenolic OH excluding ortho intramolecular Hbond substituents is 1. The second kappa shape index (κ2) is 5.37. The van der Waals surface area contributed by atoms with E-state index in [1.165, 1.54) is 0 Å². The number of phenols is 1. The van der Waals surface area contributed by atoms with E-state index in [0.717, 1.165) is 36.8 Å². The van der Waals surface area contributed by atoms with Crippen LogP contribution in [0.1, 0.15) is 29.6 Å². The van der Waals surface area contributed by atoms with E-state index < -0.39 is 0 Å². The van der Waals surface area contributed by atoms with E-state index in [0.29, 0.717) is 17.4 Å². The van der Waals surface area contributed by atoms with Gasteiger partial charge in [0.05, 0.1) is 5.56 Å². The SMILES string of the molecule is NC1CC[C@@H]2CN(C(=O)c3ccc(Br)cc3O)C[C@@H]2C1. The molecule has 4 nitrogen and oxygen atoms in total. The number of nitrogens with two attached hydrogens (primary N) is 1. The number of rotatable bonds is 1. The Morgan fingerprint density at radius 3 is 2.80 bits per heavy atom. The molecule has 1 saturated heterocycles. The number of benzene rings is 1. The van der Waals surface area contributed by atoms with Crippen LogP contribution in [0.15, 0.2) is 22.7 Å². The maximum absolute atomic E-state index is 12.5. The van der Waals surface area contributed by atoms with Crippen LogP contribution in [0.2, 0.25) is 0 Å². The fraction of sp³-hybridized carbons (Fsp3) is 0.533. The van der Waals surface area contributed by atoms with E-state index in [-0.39, 0.29) is 17.7 Å². The van der Waals surface area contributed by atoms with Crippen molar-refractivity contribution >= 4 is 21.8 Å². The topological polar surface area (TPSA) is 66.6 Å². The van der Waals surface area contributed by atoms with Gasteiger partial charge in [-0.1, -0.05) is 15.9 Å². The van der Waals surface area contributed by atoms with Crippen molar-refractivity contribution in [1.82, 2.24) is 4.90 Å². The van der Waals surface area contributed by atoms with Gasteiger partial charge in [-0.25, -0.2) is 0 Å². The molecule has 0 spiro atoms. The van der Waals surface area contributed by atoms with E-state index in [4.69, 9.17) is 5.73 Å². The molecule has 1 amide bonds. The van der Waals surface area contributed by atoms with Crippen LogP contribution in [-0.2, 0) is 0 Å². The number of likely N-dealkylation sites (tertiary alicyclic amines) is 1. The summed E-state index contributed by atoms with van der Waals surface area (Å²) in [5.41, 5.74) is 6.40. The van der Waals surface area contributed by atoms with Crippen molar-refractivity contribution in [2.24, 2.45) is 17.6 Å². The number of nitrogens with zero attached hydrogens (tertiary/aromatic N) is 1. The second-order valence-corrected chi connectivity index (χ2v) is 6.88. The van der Waals surface area contributed by atoms with Gasteiger partial charge in [-0.3, -0.25) is 4.79 Å². The lowest BCUT2D eigenvalue weighted by molar-refractivity contribution is 0.0781. The summed E-state index contributed by atoms with van der Waals surface area (Å²) in [5, 5.41) is 9.93. The lowest BCUT2D eigenvalue weighted by Gasteiger charge is -2.27. The van der Waals surface area contributed by atoms with E-state index in [1.807, 2.05) is 4.90 Å². The Labute approximate surface area is 127 Å². The third-order valence-electron chi connectivity index (χ3n) is 4.57. The van der Waals surface area contributed by atoms with Crippen LogP contribution in [-0.4, -0.2) is 35.0 Å². The monoisotopic (exact) mass is 338 g/mol. The Morgan fingerprint density at radius 1 is 1.30 bits per heavy atom. The van der Waals surface area contributed by atoms with Crippen LogP contribution < -0.4 is 5.73 Å². The highest BCUT2D eigenvalue weighted by molar-refractivity contribution is 9.10. The average Bonchev–Trinajstić information content (AvgIpc) is 2.81. The lowest BCUT2D eigenvalue weighted by atomic mass is 9.79. The summed E-state index contributed by atoms with van der Waals surface area (Å²) in [6, 6.07) is 5.31. The van der Waals surface area contributed by atoms with Crippen LogP contribution in [0.3, 0.4) is 0 Å². The van der Waals surface area contributed by atoms with Crippen LogP contribution in [0.25, 0.3) is 0 Å². The molecule has 1 aliphatic heterocycles. The molecule has 1 saturated carbocycles. The molecule has 1 aromatic rings. The largest absolute Gasteiger partial charge is 0.507 e. The molecule has 0 aromatic heterocycles. The molecule has 3 N–H and O–H groups in total. The van der Waals surface area contributed by atoms with Gasteiger partial charge in [0.25, 0.3) is 5.91 Å². The fourth-order valence-corrected chi connectivity index (χ4v) is 3.84. The summed E-state index contributed by atoms with van der Waals surface area (Å²) >= 11 is 3.29. The quantitative estimate of drug-likeness (QED) is 0.825. The summed E-state index contributed by atoms with van der Waals surface area (Å²) in [6.45, 7) is 1.57. The molecule has 3 atom stereocenters. The van der Waals surface area contributed by atoms with Gasteiger partial charge >= 0.3 is 0 Å². The fourth-order valence-electron chi connectivity index (χ4n) is 3.49. The van der Waals surface area contributed by atoms with Gasteiger partial charge < -0.3 is 15.7 Å². The van der Waals surface area contributed by atoms with Gasteiger partial charge in [0.2, 0.25) is 0 Å². The van der Waals surface area contributed by atoms with Crippen LogP contribution in [0.5, 0.6) is 5.75 Å². The number of hydrogen-bond acceptors (Lipinski definition) is 3. The molecular formula is C15H19BrN2O2. The molecule has 5 heteroatoms. The van der Waals surface area contributed by atoms with Crippen molar-refractivity contribution in [3.63, 3.8) is 0 Å². The number of carbonyl (C=O) groups excluding carboxylic acids is 1. The van der Waals surface area contributed by atoms with Crippen molar-refractivity contribution in [3.05, 3.63) is 28.2 Å². The highest BCUT2D eigenvalue weighted by atomic mass is 79.9. The molecule has 1 heterocycles. The normalized spacial score (nSPS) is 29.3. The summed E-state index contributed by atoms with van der Waals surface area (Å²) in [6.07, 6.45) is 3.19. The van der Waals surface area contributed by atoms with Crippen molar-refractivity contribution in [3.8, 4) is 5.75 Å². The molecule has 108 valence electrons. The first-order chi connectivity index (χ1) is 9.54. The third-order valence-corrected chi connectivity index (χ3v) is 5.06. The number of amides is 1. The first-order valence-corrected chi connectivity index (χ1v) is 7.87. The molecule has 1 aliphatic carbocycles. The van der Waals surface area contributed by atoms with Crippen molar-refractivity contribution in [2.75, 3.05) is 13.1 Å². The molecular weight excluding hydrogens is 320 g/mol. The Hall–Kier alpha value is -1.07.